The van der Waals surface area contributed by atoms with Gasteiger partial charge in [-0.15, -0.1) is 0 Å². The minimum absolute atomic E-state index is 0.00216. The van der Waals surface area contributed by atoms with Gasteiger partial charge in [0.05, 0.1) is 12.6 Å². The minimum atomic E-state index is -0.130. The fraction of sp³-hybridized carbons (Fsp3) is 0.909. The average Bonchev–Trinajstić information content (AvgIpc) is 2.60. The first-order valence-corrected chi connectivity index (χ1v) is 5.71. The van der Waals surface area contributed by atoms with E-state index in [1.165, 1.54) is 0 Å². The van der Waals surface area contributed by atoms with E-state index in [0.717, 1.165) is 19.3 Å². The van der Waals surface area contributed by atoms with Gasteiger partial charge in [-0.2, -0.15) is 0 Å². The molecule has 1 amide bonds. The molecule has 1 saturated carbocycles. The average molecular weight is 214 g/mol. The molecule has 1 rings (SSSR count). The van der Waals surface area contributed by atoms with Crippen LogP contribution in [0.3, 0.4) is 0 Å². The molecule has 0 saturated heterocycles. The summed E-state index contributed by atoms with van der Waals surface area (Å²) >= 11 is 0. The highest BCUT2D eigenvalue weighted by atomic mass is 16.3. The van der Waals surface area contributed by atoms with Crippen LogP contribution in [0.25, 0.3) is 0 Å². The Bertz CT molecular complexity index is 219. The maximum absolute atomic E-state index is 11.8. The Balaban J connectivity index is 2.40. The molecule has 4 N–H and O–H groups in total. The molecule has 4 nitrogen and oxygen atoms in total. The Morgan fingerprint density at radius 3 is 2.60 bits per heavy atom. The van der Waals surface area contributed by atoms with E-state index in [4.69, 9.17) is 10.8 Å². The van der Waals surface area contributed by atoms with E-state index >= 15 is 0 Å². The summed E-state index contributed by atoms with van der Waals surface area (Å²) in [5, 5.41) is 12.0. The van der Waals surface area contributed by atoms with Gasteiger partial charge in [0.2, 0.25) is 5.91 Å². The van der Waals surface area contributed by atoms with Crippen molar-refractivity contribution in [2.75, 3.05) is 6.61 Å². The second kappa shape index (κ2) is 5.47. The standard InChI is InChI=1S/C11H22N2O2/c1-7(2)10(6-14)13-11(15)8-3-4-9(12)5-8/h7-10,14H,3-6,12H2,1-2H3,(H,13,15). The largest absolute Gasteiger partial charge is 0.394 e. The van der Waals surface area contributed by atoms with E-state index in [2.05, 4.69) is 5.32 Å². The van der Waals surface area contributed by atoms with Crippen LogP contribution in [0.15, 0.2) is 0 Å². The zero-order valence-corrected chi connectivity index (χ0v) is 9.57. The maximum atomic E-state index is 11.8. The molecule has 0 aliphatic heterocycles. The second-order valence-corrected chi connectivity index (χ2v) is 4.81. The molecule has 0 spiro atoms. The summed E-state index contributed by atoms with van der Waals surface area (Å²) in [5.41, 5.74) is 5.76. The van der Waals surface area contributed by atoms with Gasteiger partial charge in [-0.1, -0.05) is 13.8 Å². The normalized spacial score (nSPS) is 28.1. The van der Waals surface area contributed by atoms with Crippen molar-refractivity contribution in [3.8, 4) is 0 Å². The van der Waals surface area contributed by atoms with Crippen LogP contribution in [0.5, 0.6) is 0 Å². The third-order valence-corrected chi connectivity index (χ3v) is 3.17. The molecule has 88 valence electrons. The van der Waals surface area contributed by atoms with Crippen molar-refractivity contribution < 1.29 is 9.90 Å². The number of carbonyl (C=O) groups is 1. The molecule has 0 aromatic carbocycles. The first-order valence-electron chi connectivity index (χ1n) is 5.71. The highest BCUT2D eigenvalue weighted by Crippen LogP contribution is 2.24. The van der Waals surface area contributed by atoms with Crippen LogP contribution in [-0.4, -0.2) is 29.7 Å². The molecule has 3 unspecified atom stereocenters. The van der Waals surface area contributed by atoms with Gasteiger partial charge < -0.3 is 16.2 Å². The number of nitrogens with one attached hydrogen (secondary N) is 1. The molecular weight excluding hydrogens is 192 g/mol. The van der Waals surface area contributed by atoms with Gasteiger partial charge in [-0.3, -0.25) is 4.79 Å². The van der Waals surface area contributed by atoms with E-state index in [1.54, 1.807) is 0 Å². The van der Waals surface area contributed by atoms with Crippen molar-refractivity contribution in [3.63, 3.8) is 0 Å². The van der Waals surface area contributed by atoms with E-state index in [0.29, 0.717) is 0 Å². The fourth-order valence-electron chi connectivity index (χ4n) is 1.98. The first kappa shape index (κ1) is 12.5. The third-order valence-electron chi connectivity index (χ3n) is 3.17. The zero-order chi connectivity index (χ0) is 11.4. The summed E-state index contributed by atoms with van der Waals surface area (Å²) in [7, 11) is 0. The number of carbonyl (C=O) groups excluding carboxylic acids is 1. The van der Waals surface area contributed by atoms with Crippen LogP contribution in [0, 0.1) is 11.8 Å². The Morgan fingerprint density at radius 1 is 1.53 bits per heavy atom. The molecule has 0 heterocycles. The first-order chi connectivity index (χ1) is 7.04. The van der Waals surface area contributed by atoms with Crippen molar-refractivity contribution in [3.05, 3.63) is 0 Å². The topological polar surface area (TPSA) is 75.3 Å². The van der Waals surface area contributed by atoms with Crippen LogP contribution >= 0.6 is 0 Å². The van der Waals surface area contributed by atoms with Gasteiger partial charge in [0.25, 0.3) is 0 Å². The summed E-state index contributed by atoms with van der Waals surface area (Å²) < 4.78 is 0. The molecule has 4 heteroatoms. The molecule has 3 atom stereocenters. The Morgan fingerprint density at radius 2 is 2.20 bits per heavy atom. The molecule has 15 heavy (non-hydrogen) atoms. The predicted molar refractivity (Wildman–Crippen MR) is 59.2 cm³/mol. The molecule has 1 aliphatic rings. The van der Waals surface area contributed by atoms with E-state index in [1.807, 2.05) is 13.8 Å². The van der Waals surface area contributed by atoms with Gasteiger partial charge in [-0.25, -0.2) is 0 Å². The number of aliphatic hydroxyl groups is 1. The molecule has 0 aromatic rings. The van der Waals surface area contributed by atoms with Gasteiger partial charge in [0, 0.05) is 12.0 Å². The Kier molecular flexibility index (Phi) is 4.54. The smallest absolute Gasteiger partial charge is 0.223 e. The summed E-state index contributed by atoms with van der Waals surface area (Å²) in [6.45, 7) is 3.98. The Labute approximate surface area is 91.2 Å². The van der Waals surface area contributed by atoms with Crippen LogP contribution in [0.1, 0.15) is 33.1 Å². The lowest BCUT2D eigenvalue weighted by Gasteiger charge is -2.22. The summed E-state index contributed by atoms with van der Waals surface area (Å²) in [4.78, 5) is 11.8. The summed E-state index contributed by atoms with van der Waals surface area (Å²) in [5.74, 6) is 0.359. The number of aliphatic hydroxyl groups excluding tert-OH is 1. The molecular formula is C11H22N2O2. The number of hydrogen-bond acceptors (Lipinski definition) is 3. The van der Waals surface area contributed by atoms with Crippen LogP contribution in [-0.2, 0) is 4.79 Å². The number of rotatable bonds is 4. The van der Waals surface area contributed by atoms with Crippen molar-refractivity contribution in [2.45, 2.75) is 45.2 Å². The quantitative estimate of drug-likeness (QED) is 0.628. The summed E-state index contributed by atoms with van der Waals surface area (Å²) in [6, 6.07) is 0.0432. The maximum Gasteiger partial charge on any atom is 0.223 e. The lowest BCUT2D eigenvalue weighted by molar-refractivity contribution is -0.126. The van der Waals surface area contributed by atoms with E-state index < -0.39 is 0 Å². The van der Waals surface area contributed by atoms with Crippen molar-refractivity contribution in [1.82, 2.24) is 5.32 Å². The van der Waals surface area contributed by atoms with Crippen molar-refractivity contribution in [1.29, 1.82) is 0 Å². The van der Waals surface area contributed by atoms with Gasteiger partial charge >= 0.3 is 0 Å². The molecule has 0 aromatic heterocycles. The highest BCUT2D eigenvalue weighted by Gasteiger charge is 2.29. The molecule has 1 fully saturated rings. The van der Waals surface area contributed by atoms with E-state index in [-0.39, 0.29) is 36.4 Å². The van der Waals surface area contributed by atoms with Crippen molar-refractivity contribution in [2.24, 2.45) is 17.6 Å². The van der Waals surface area contributed by atoms with Gasteiger partial charge in [0.15, 0.2) is 0 Å². The molecule has 0 radical (unpaired) electrons. The van der Waals surface area contributed by atoms with Gasteiger partial charge in [-0.05, 0) is 25.2 Å². The second-order valence-electron chi connectivity index (χ2n) is 4.81. The van der Waals surface area contributed by atoms with Gasteiger partial charge in [0.1, 0.15) is 0 Å². The SMILES string of the molecule is CC(C)C(CO)NC(=O)C1CCC(N)C1. The third kappa shape index (κ3) is 3.47. The van der Waals surface area contributed by atoms with E-state index in [9.17, 15) is 4.79 Å². The lowest BCUT2D eigenvalue weighted by Crippen LogP contribution is -2.43. The van der Waals surface area contributed by atoms with Crippen LogP contribution in [0.2, 0.25) is 0 Å². The number of nitrogens with two attached hydrogens (primary N) is 1. The number of amides is 1. The lowest BCUT2D eigenvalue weighted by atomic mass is 10.0. The predicted octanol–water partition coefficient (Wildman–Crippen LogP) is 0.247. The zero-order valence-electron chi connectivity index (χ0n) is 9.57. The number of hydrogen-bond donors (Lipinski definition) is 3. The monoisotopic (exact) mass is 214 g/mol. The summed E-state index contributed by atoms with van der Waals surface area (Å²) in [6.07, 6.45) is 2.59. The van der Waals surface area contributed by atoms with Crippen LogP contribution < -0.4 is 11.1 Å². The van der Waals surface area contributed by atoms with Crippen molar-refractivity contribution >= 4 is 5.91 Å². The minimum Gasteiger partial charge on any atom is -0.394 e. The Hall–Kier alpha value is -0.610. The highest BCUT2D eigenvalue weighted by molar-refractivity contribution is 5.79. The fourth-order valence-corrected chi connectivity index (χ4v) is 1.98. The van der Waals surface area contributed by atoms with Crippen LogP contribution in [0.4, 0.5) is 0 Å². The molecule has 0 bridgehead atoms. The molecule has 1 aliphatic carbocycles.